The lowest BCUT2D eigenvalue weighted by atomic mass is 9.82. The molecule has 2 nitrogen and oxygen atoms in total. The van der Waals surface area contributed by atoms with E-state index in [1.54, 1.807) is 0 Å². The highest BCUT2D eigenvalue weighted by molar-refractivity contribution is 4.85. The fraction of sp³-hybridized carbons (Fsp3) is 0.818. The fourth-order valence-corrected chi connectivity index (χ4v) is 2.19. The van der Waals surface area contributed by atoms with Crippen LogP contribution >= 0.6 is 0 Å². The van der Waals surface area contributed by atoms with E-state index in [4.69, 9.17) is 0 Å². The van der Waals surface area contributed by atoms with Crippen LogP contribution < -0.4 is 5.32 Å². The van der Waals surface area contributed by atoms with Crippen molar-refractivity contribution in [2.45, 2.75) is 19.8 Å². The lowest BCUT2D eigenvalue weighted by molar-refractivity contribution is 0.161. The standard InChI is InChI=1S/C11H22N2/c1-4-8-13(3)10-11(2)6-5-7-12-9-11/h4,12H,1,5-10H2,2-3H3. The van der Waals surface area contributed by atoms with Crippen molar-refractivity contribution in [1.82, 2.24) is 10.2 Å². The smallest absolute Gasteiger partial charge is 0.0157 e. The van der Waals surface area contributed by atoms with E-state index in [1.165, 1.54) is 25.9 Å². The highest BCUT2D eigenvalue weighted by atomic mass is 15.1. The van der Waals surface area contributed by atoms with E-state index in [0.29, 0.717) is 5.41 Å². The van der Waals surface area contributed by atoms with Crippen LogP contribution in [0.3, 0.4) is 0 Å². The highest BCUT2D eigenvalue weighted by Gasteiger charge is 2.27. The summed E-state index contributed by atoms with van der Waals surface area (Å²) in [7, 11) is 2.17. The molecule has 1 heterocycles. The Morgan fingerprint density at radius 1 is 1.62 bits per heavy atom. The molecule has 1 unspecified atom stereocenters. The van der Waals surface area contributed by atoms with E-state index in [1.807, 2.05) is 6.08 Å². The summed E-state index contributed by atoms with van der Waals surface area (Å²) in [5.74, 6) is 0. The summed E-state index contributed by atoms with van der Waals surface area (Å²) >= 11 is 0. The van der Waals surface area contributed by atoms with Gasteiger partial charge in [0, 0.05) is 19.6 Å². The summed E-state index contributed by atoms with van der Waals surface area (Å²) < 4.78 is 0. The van der Waals surface area contributed by atoms with Crippen molar-refractivity contribution in [1.29, 1.82) is 0 Å². The van der Waals surface area contributed by atoms with Gasteiger partial charge in [0.15, 0.2) is 0 Å². The quantitative estimate of drug-likeness (QED) is 0.663. The zero-order chi connectivity index (χ0) is 9.73. The second-order valence-corrected chi connectivity index (χ2v) is 4.58. The summed E-state index contributed by atoms with van der Waals surface area (Å²) in [6.45, 7) is 10.7. The van der Waals surface area contributed by atoms with Crippen molar-refractivity contribution in [2.75, 3.05) is 33.2 Å². The number of hydrogen-bond donors (Lipinski definition) is 1. The van der Waals surface area contributed by atoms with E-state index in [2.05, 4.69) is 30.8 Å². The molecular weight excluding hydrogens is 160 g/mol. The lowest BCUT2D eigenvalue weighted by Gasteiger charge is -2.37. The van der Waals surface area contributed by atoms with E-state index in [0.717, 1.165) is 13.1 Å². The van der Waals surface area contributed by atoms with Crippen LogP contribution in [0, 0.1) is 5.41 Å². The maximum absolute atomic E-state index is 3.76. The molecule has 1 N–H and O–H groups in total. The van der Waals surface area contributed by atoms with Gasteiger partial charge in [-0.15, -0.1) is 6.58 Å². The normalized spacial score (nSPS) is 29.2. The Morgan fingerprint density at radius 3 is 2.92 bits per heavy atom. The fourth-order valence-electron chi connectivity index (χ4n) is 2.19. The van der Waals surface area contributed by atoms with Crippen LogP contribution in [0.4, 0.5) is 0 Å². The van der Waals surface area contributed by atoms with Crippen LogP contribution in [-0.4, -0.2) is 38.1 Å². The van der Waals surface area contributed by atoms with Gasteiger partial charge in [0.2, 0.25) is 0 Å². The van der Waals surface area contributed by atoms with E-state index < -0.39 is 0 Å². The minimum atomic E-state index is 0.468. The Kier molecular flexibility index (Phi) is 3.94. The molecule has 0 spiro atoms. The van der Waals surface area contributed by atoms with Crippen molar-refractivity contribution in [3.05, 3.63) is 12.7 Å². The molecule has 0 saturated carbocycles. The molecule has 0 aromatic carbocycles. The third-order valence-corrected chi connectivity index (χ3v) is 2.78. The van der Waals surface area contributed by atoms with Crippen molar-refractivity contribution < 1.29 is 0 Å². The van der Waals surface area contributed by atoms with Gasteiger partial charge >= 0.3 is 0 Å². The Hall–Kier alpha value is -0.340. The maximum Gasteiger partial charge on any atom is 0.0157 e. The highest BCUT2D eigenvalue weighted by Crippen LogP contribution is 2.25. The van der Waals surface area contributed by atoms with Crippen LogP contribution in [0.25, 0.3) is 0 Å². The SMILES string of the molecule is C=CCN(C)CC1(C)CCCNC1. The van der Waals surface area contributed by atoms with Crippen LogP contribution in [0.15, 0.2) is 12.7 Å². The number of piperidine rings is 1. The van der Waals surface area contributed by atoms with Gasteiger partial charge in [-0.25, -0.2) is 0 Å². The summed E-state index contributed by atoms with van der Waals surface area (Å²) in [5, 5.41) is 3.47. The monoisotopic (exact) mass is 182 g/mol. The van der Waals surface area contributed by atoms with Gasteiger partial charge in [0.1, 0.15) is 0 Å². The topological polar surface area (TPSA) is 15.3 Å². The van der Waals surface area contributed by atoms with Gasteiger partial charge in [0.25, 0.3) is 0 Å². The number of nitrogens with one attached hydrogen (secondary N) is 1. The Morgan fingerprint density at radius 2 is 2.38 bits per heavy atom. The molecule has 1 aliphatic heterocycles. The molecule has 1 atom stereocenters. The second kappa shape index (κ2) is 4.77. The number of hydrogen-bond acceptors (Lipinski definition) is 2. The van der Waals surface area contributed by atoms with Crippen LogP contribution in [0.2, 0.25) is 0 Å². The van der Waals surface area contributed by atoms with Crippen molar-refractivity contribution in [3.8, 4) is 0 Å². The zero-order valence-corrected chi connectivity index (χ0v) is 8.97. The number of nitrogens with zero attached hydrogens (tertiary/aromatic N) is 1. The predicted octanol–water partition coefficient (Wildman–Crippen LogP) is 1.49. The molecule has 1 rings (SSSR count). The Balaban J connectivity index is 2.35. The van der Waals surface area contributed by atoms with Crippen LogP contribution in [0.5, 0.6) is 0 Å². The maximum atomic E-state index is 3.76. The zero-order valence-electron chi connectivity index (χ0n) is 8.97. The molecule has 0 aliphatic carbocycles. The lowest BCUT2D eigenvalue weighted by Crippen LogP contribution is -2.44. The minimum Gasteiger partial charge on any atom is -0.316 e. The average Bonchev–Trinajstić information content (AvgIpc) is 2.04. The second-order valence-electron chi connectivity index (χ2n) is 4.58. The van der Waals surface area contributed by atoms with Crippen LogP contribution in [0.1, 0.15) is 19.8 Å². The summed E-state index contributed by atoms with van der Waals surface area (Å²) in [6, 6.07) is 0. The van der Waals surface area contributed by atoms with Gasteiger partial charge in [0.05, 0.1) is 0 Å². The van der Waals surface area contributed by atoms with Gasteiger partial charge in [-0.05, 0) is 31.8 Å². The first kappa shape index (κ1) is 10.7. The van der Waals surface area contributed by atoms with Crippen LogP contribution in [-0.2, 0) is 0 Å². The number of likely N-dealkylation sites (N-methyl/N-ethyl adjacent to an activating group) is 1. The number of rotatable bonds is 4. The molecule has 0 radical (unpaired) electrons. The van der Waals surface area contributed by atoms with Gasteiger partial charge in [-0.1, -0.05) is 13.0 Å². The first-order valence-corrected chi connectivity index (χ1v) is 5.16. The first-order valence-electron chi connectivity index (χ1n) is 5.16. The van der Waals surface area contributed by atoms with Gasteiger partial charge < -0.3 is 10.2 Å². The molecule has 1 saturated heterocycles. The molecule has 76 valence electrons. The van der Waals surface area contributed by atoms with Crippen molar-refractivity contribution in [2.24, 2.45) is 5.41 Å². The molecule has 1 aliphatic rings. The third kappa shape index (κ3) is 3.49. The predicted molar refractivity (Wildman–Crippen MR) is 57.9 cm³/mol. The Labute approximate surface area is 82.0 Å². The van der Waals surface area contributed by atoms with Crippen molar-refractivity contribution in [3.63, 3.8) is 0 Å². The third-order valence-electron chi connectivity index (χ3n) is 2.78. The molecule has 13 heavy (non-hydrogen) atoms. The van der Waals surface area contributed by atoms with Crippen molar-refractivity contribution >= 4 is 0 Å². The van der Waals surface area contributed by atoms with E-state index >= 15 is 0 Å². The largest absolute Gasteiger partial charge is 0.316 e. The van der Waals surface area contributed by atoms with E-state index in [-0.39, 0.29) is 0 Å². The summed E-state index contributed by atoms with van der Waals surface area (Å²) in [5.41, 5.74) is 0.468. The summed E-state index contributed by atoms with van der Waals surface area (Å²) in [6.07, 6.45) is 4.64. The molecular formula is C11H22N2. The molecule has 0 aromatic rings. The van der Waals surface area contributed by atoms with E-state index in [9.17, 15) is 0 Å². The average molecular weight is 182 g/mol. The Bertz CT molecular complexity index is 159. The molecule has 0 amide bonds. The van der Waals surface area contributed by atoms with Gasteiger partial charge in [-0.3, -0.25) is 0 Å². The first-order chi connectivity index (χ1) is 6.16. The molecule has 0 aromatic heterocycles. The minimum absolute atomic E-state index is 0.468. The molecule has 0 bridgehead atoms. The molecule has 2 heteroatoms. The summed E-state index contributed by atoms with van der Waals surface area (Å²) in [4.78, 5) is 2.35. The molecule has 1 fully saturated rings. The van der Waals surface area contributed by atoms with Gasteiger partial charge in [-0.2, -0.15) is 0 Å².